The standard InChI is InChI=1S/C15H17N3O5/c1-8(6-11(19)20)16-12(21)9-4-3-5-10(7-9)15(2)13(22)17-14(23)18-15/h3-5,7-8H,6H2,1-2H3,(H,16,21)(H,19,20)(H2,17,18,22,23). The summed E-state index contributed by atoms with van der Waals surface area (Å²) in [5, 5.41) is 16.0. The van der Waals surface area contributed by atoms with Crippen LogP contribution in [0.25, 0.3) is 0 Å². The zero-order valence-electron chi connectivity index (χ0n) is 12.7. The van der Waals surface area contributed by atoms with Gasteiger partial charge in [0.25, 0.3) is 11.8 Å². The van der Waals surface area contributed by atoms with Crippen LogP contribution in [0.4, 0.5) is 4.79 Å². The Hall–Kier alpha value is -2.90. The first-order chi connectivity index (χ1) is 10.7. The predicted octanol–water partition coefficient (Wildman–Crippen LogP) is 0.334. The summed E-state index contributed by atoms with van der Waals surface area (Å²) in [7, 11) is 0. The number of benzene rings is 1. The lowest BCUT2D eigenvalue weighted by atomic mass is 9.91. The summed E-state index contributed by atoms with van der Waals surface area (Å²) in [6.07, 6.45) is -0.193. The maximum Gasteiger partial charge on any atom is 0.322 e. The third-order valence-electron chi connectivity index (χ3n) is 3.61. The van der Waals surface area contributed by atoms with E-state index < -0.39 is 35.4 Å². The van der Waals surface area contributed by atoms with Crippen molar-refractivity contribution in [1.29, 1.82) is 0 Å². The van der Waals surface area contributed by atoms with Crippen LogP contribution in [0.3, 0.4) is 0 Å². The van der Waals surface area contributed by atoms with Gasteiger partial charge in [0.05, 0.1) is 6.42 Å². The maximum atomic E-state index is 12.2. The summed E-state index contributed by atoms with van der Waals surface area (Å²) in [6, 6.07) is 5.13. The van der Waals surface area contributed by atoms with Crippen molar-refractivity contribution in [3.05, 3.63) is 35.4 Å². The van der Waals surface area contributed by atoms with E-state index >= 15 is 0 Å². The predicted molar refractivity (Wildman–Crippen MR) is 79.6 cm³/mol. The molecule has 4 amide bonds. The highest BCUT2D eigenvalue weighted by atomic mass is 16.4. The minimum Gasteiger partial charge on any atom is -0.481 e. The van der Waals surface area contributed by atoms with E-state index in [0.29, 0.717) is 5.56 Å². The normalized spacial score (nSPS) is 21.3. The topological polar surface area (TPSA) is 125 Å². The van der Waals surface area contributed by atoms with Gasteiger partial charge in [-0.25, -0.2) is 4.79 Å². The number of carboxylic acid groups (broad SMARTS) is 1. The summed E-state index contributed by atoms with van der Waals surface area (Å²) >= 11 is 0. The number of carboxylic acids is 1. The monoisotopic (exact) mass is 319 g/mol. The number of carbonyl (C=O) groups excluding carboxylic acids is 3. The van der Waals surface area contributed by atoms with Crippen molar-refractivity contribution in [3.63, 3.8) is 0 Å². The summed E-state index contributed by atoms with van der Waals surface area (Å²) < 4.78 is 0. The smallest absolute Gasteiger partial charge is 0.322 e. The van der Waals surface area contributed by atoms with Gasteiger partial charge in [0.15, 0.2) is 0 Å². The largest absolute Gasteiger partial charge is 0.481 e. The van der Waals surface area contributed by atoms with E-state index in [1.807, 2.05) is 0 Å². The number of nitrogens with one attached hydrogen (secondary N) is 3. The molecule has 2 atom stereocenters. The zero-order valence-corrected chi connectivity index (χ0v) is 12.7. The molecule has 1 saturated heterocycles. The highest BCUT2D eigenvalue weighted by molar-refractivity contribution is 6.07. The summed E-state index contributed by atoms with van der Waals surface area (Å²) in [6.45, 7) is 3.12. The SMILES string of the molecule is CC(CC(=O)O)NC(=O)c1cccc(C2(C)NC(=O)NC2=O)c1. The van der Waals surface area contributed by atoms with Gasteiger partial charge in [-0.2, -0.15) is 0 Å². The van der Waals surface area contributed by atoms with Crippen LogP contribution in [0.1, 0.15) is 36.2 Å². The first-order valence-corrected chi connectivity index (χ1v) is 6.99. The first kappa shape index (κ1) is 16.5. The third-order valence-corrected chi connectivity index (χ3v) is 3.61. The van der Waals surface area contributed by atoms with E-state index in [1.165, 1.54) is 13.0 Å². The number of aliphatic carboxylic acids is 1. The molecular formula is C15H17N3O5. The molecule has 2 unspecified atom stereocenters. The molecule has 1 fully saturated rings. The van der Waals surface area contributed by atoms with E-state index in [4.69, 9.17) is 5.11 Å². The molecule has 1 aromatic rings. The molecule has 0 aliphatic carbocycles. The summed E-state index contributed by atoms with van der Waals surface area (Å²) in [4.78, 5) is 46.0. The van der Waals surface area contributed by atoms with Crippen molar-refractivity contribution in [2.75, 3.05) is 0 Å². The van der Waals surface area contributed by atoms with Crippen LogP contribution in [0.2, 0.25) is 0 Å². The van der Waals surface area contributed by atoms with Crippen molar-refractivity contribution in [2.45, 2.75) is 31.8 Å². The molecule has 1 aromatic carbocycles. The number of hydrogen-bond donors (Lipinski definition) is 4. The Labute approximate surface area is 132 Å². The average Bonchev–Trinajstić information content (AvgIpc) is 2.72. The molecule has 1 aliphatic rings. The van der Waals surface area contributed by atoms with Gasteiger partial charge in [0.2, 0.25) is 0 Å². The van der Waals surface area contributed by atoms with Crippen molar-refractivity contribution in [1.82, 2.24) is 16.0 Å². The van der Waals surface area contributed by atoms with Crippen LogP contribution in [0.15, 0.2) is 24.3 Å². The van der Waals surface area contributed by atoms with E-state index in [1.54, 1.807) is 25.1 Å². The molecular weight excluding hydrogens is 302 g/mol. The van der Waals surface area contributed by atoms with Gasteiger partial charge in [0.1, 0.15) is 5.54 Å². The highest BCUT2D eigenvalue weighted by Gasteiger charge is 2.43. The molecule has 1 heterocycles. The minimum atomic E-state index is -1.25. The molecule has 0 aromatic heterocycles. The maximum absolute atomic E-state index is 12.2. The third kappa shape index (κ3) is 3.47. The number of carbonyl (C=O) groups is 4. The Morgan fingerprint density at radius 3 is 2.61 bits per heavy atom. The van der Waals surface area contributed by atoms with E-state index in [0.717, 1.165) is 0 Å². The van der Waals surface area contributed by atoms with E-state index in [9.17, 15) is 19.2 Å². The second-order valence-corrected chi connectivity index (χ2v) is 5.59. The van der Waals surface area contributed by atoms with E-state index in [2.05, 4.69) is 16.0 Å². The zero-order chi connectivity index (χ0) is 17.2. The van der Waals surface area contributed by atoms with E-state index in [-0.39, 0.29) is 12.0 Å². The molecule has 8 nitrogen and oxygen atoms in total. The molecule has 122 valence electrons. The van der Waals surface area contributed by atoms with Gasteiger partial charge in [-0.05, 0) is 31.5 Å². The molecule has 0 bridgehead atoms. The fourth-order valence-electron chi connectivity index (χ4n) is 2.34. The molecule has 0 radical (unpaired) electrons. The van der Waals surface area contributed by atoms with Crippen LogP contribution in [-0.4, -0.2) is 35.0 Å². The van der Waals surface area contributed by atoms with Crippen LogP contribution in [-0.2, 0) is 15.1 Å². The minimum absolute atomic E-state index is 0.193. The molecule has 2 rings (SSSR count). The van der Waals surface area contributed by atoms with Gasteiger partial charge >= 0.3 is 12.0 Å². The van der Waals surface area contributed by atoms with Crippen LogP contribution in [0.5, 0.6) is 0 Å². The lowest BCUT2D eigenvalue weighted by Gasteiger charge is -2.21. The second kappa shape index (κ2) is 6.07. The highest BCUT2D eigenvalue weighted by Crippen LogP contribution is 2.25. The number of urea groups is 1. The Kier molecular flexibility index (Phi) is 4.35. The lowest BCUT2D eigenvalue weighted by Crippen LogP contribution is -2.41. The number of hydrogen-bond acceptors (Lipinski definition) is 4. The number of amides is 4. The average molecular weight is 319 g/mol. The van der Waals surface area contributed by atoms with Gasteiger partial charge < -0.3 is 15.7 Å². The summed E-state index contributed by atoms with van der Waals surface area (Å²) in [5.74, 6) is -1.96. The van der Waals surface area contributed by atoms with Crippen molar-refractivity contribution >= 4 is 23.8 Å². The quantitative estimate of drug-likeness (QED) is 0.582. The molecule has 8 heteroatoms. The van der Waals surface area contributed by atoms with Crippen molar-refractivity contribution in [2.24, 2.45) is 0 Å². The lowest BCUT2D eigenvalue weighted by molar-refractivity contribution is -0.137. The molecule has 0 spiro atoms. The van der Waals surface area contributed by atoms with Crippen molar-refractivity contribution in [3.8, 4) is 0 Å². The Morgan fingerprint density at radius 2 is 2.04 bits per heavy atom. The van der Waals surface area contributed by atoms with Gasteiger partial charge in [-0.1, -0.05) is 12.1 Å². The Balaban J connectivity index is 2.20. The second-order valence-electron chi connectivity index (χ2n) is 5.59. The fourth-order valence-corrected chi connectivity index (χ4v) is 2.34. The molecule has 0 saturated carbocycles. The van der Waals surface area contributed by atoms with Crippen LogP contribution in [0, 0.1) is 0 Å². The van der Waals surface area contributed by atoms with Crippen LogP contribution < -0.4 is 16.0 Å². The summed E-state index contributed by atoms with van der Waals surface area (Å²) in [5.41, 5.74) is -0.519. The molecule has 4 N–H and O–H groups in total. The van der Waals surface area contributed by atoms with Crippen LogP contribution >= 0.6 is 0 Å². The van der Waals surface area contributed by atoms with Crippen molar-refractivity contribution < 1.29 is 24.3 Å². The van der Waals surface area contributed by atoms with Gasteiger partial charge in [0, 0.05) is 11.6 Å². The Bertz CT molecular complexity index is 687. The first-order valence-electron chi connectivity index (χ1n) is 6.99. The fraction of sp³-hybridized carbons (Fsp3) is 0.333. The van der Waals surface area contributed by atoms with Gasteiger partial charge in [-0.3, -0.25) is 19.7 Å². The number of rotatable bonds is 5. The number of imide groups is 1. The molecule has 1 aliphatic heterocycles. The Morgan fingerprint density at radius 1 is 1.35 bits per heavy atom. The molecule has 23 heavy (non-hydrogen) atoms. The van der Waals surface area contributed by atoms with Gasteiger partial charge in [-0.15, -0.1) is 0 Å².